The molecule has 3 amide bonds. The molecule has 1 saturated heterocycles. The molecule has 0 bridgehead atoms. The Balaban J connectivity index is 1.61. The van der Waals surface area contributed by atoms with Crippen molar-refractivity contribution in [1.82, 2.24) is 10.6 Å². The summed E-state index contributed by atoms with van der Waals surface area (Å²) >= 11 is 0.860. The summed E-state index contributed by atoms with van der Waals surface area (Å²) in [4.78, 5) is 47.5. The fourth-order valence-electron chi connectivity index (χ4n) is 3.06. The van der Waals surface area contributed by atoms with E-state index >= 15 is 0 Å². The molecule has 0 radical (unpaired) electrons. The minimum Gasteiger partial charge on any atom is -0.467 e. The number of hydrogen-bond donors (Lipinski definition) is 2. The third-order valence-electron chi connectivity index (χ3n) is 4.60. The van der Waals surface area contributed by atoms with Gasteiger partial charge in [0.05, 0.1) is 12.0 Å². The normalized spacial score (nSPS) is 15.4. The van der Waals surface area contributed by atoms with Crippen LogP contribution in [-0.4, -0.2) is 42.0 Å². The van der Waals surface area contributed by atoms with Crippen LogP contribution in [0.15, 0.2) is 53.4 Å². The molecule has 9 nitrogen and oxygen atoms in total. The number of benzene rings is 2. The molecule has 1 fully saturated rings. The number of esters is 1. The van der Waals surface area contributed by atoms with Crippen molar-refractivity contribution in [2.24, 2.45) is 0 Å². The third-order valence-corrected chi connectivity index (χ3v) is 5.41. The van der Waals surface area contributed by atoms with Crippen molar-refractivity contribution in [2.75, 3.05) is 7.11 Å². The number of ether oxygens (including phenoxy) is 3. The number of amides is 3. The minimum atomic E-state index is -0.904. The van der Waals surface area contributed by atoms with Crippen LogP contribution in [0.2, 0.25) is 0 Å². The lowest BCUT2D eigenvalue weighted by Gasteiger charge is -2.22. The second kappa shape index (κ2) is 11.1. The number of nitrogens with one attached hydrogen (secondary N) is 2. The Morgan fingerprint density at radius 1 is 1.03 bits per heavy atom. The van der Waals surface area contributed by atoms with Gasteiger partial charge in [-0.3, -0.25) is 14.9 Å². The summed E-state index contributed by atoms with van der Waals surface area (Å²) in [6.07, 6.45) is 1.14. The molecule has 3 rings (SSSR count). The van der Waals surface area contributed by atoms with Crippen molar-refractivity contribution >= 4 is 41.0 Å². The van der Waals surface area contributed by atoms with Crippen LogP contribution in [0.5, 0.6) is 11.5 Å². The number of imide groups is 1. The van der Waals surface area contributed by atoms with Gasteiger partial charge in [0.1, 0.15) is 23.1 Å². The van der Waals surface area contributed by atoms with Gasteiger partial charge >= 0.3 is 12.1 Å². The van der Waals surface area contributed by atoms with E-state index in [1.807, 2.05) is 0 Å². The van der Waals surface area contributed by atoms with E-state index in [0.29, 0.717) is 16.4 Å². The van der Waals surface area contributed by atoms with Crippen molar-refractivity contribution in [3.05, 3.63) is 64.6 Å². The Kier molecular flexibility index (Phi) is 8.18. The Labute approximate surface area is 207 Å². The van der Waals surface area contributed by atoms with Crippen LogP contribution >= 0.6 is 11.8 Å². The van der Waals surface area contributed by atoms with Crippen LogP contribution in [0.1, 0.15) is 31.9 Å². The van der Waals surface area contributed by atoms with Gasteiger partial charge in [0.15, 0.2) is 0 Å². The highest BCUT2D eigenvalue weighted by Gasteiger charge is 2.26. The lowest BCUT2D eigenvalue weighted by Crippen LogP contribution is -2.45. The molecule has 1 atom stereocenters. The van der Waals surface area contributed by atoms with Gasteiger partial charge in [-0.2, -0.15) is 0 Å². The smallest absolute Gasteiger partial charge is 0.408 e. The van der Waals surface area contributed by atoms with Crippen LogP contribution in [0.25, 0.3) is 6.08 Å². The highest BCUT2D eigenvalue weighted by atomic mass is 32.2. The van der Waals surface area contributed by atoms with Gasteiger partial charge in [-0.25, -0.2) is 9.59 Å². The molecule has 0 saturated carbocycles. The molecule has 1 aliphatic heterocycles. The SMILES string of the molecule is COC(=O)[C@@H](Cc1ccc(Oc2ccc(/C=C3\SC(=O)NC3=O)cc2)cc1)NC(=O)OC(C)(C)C. The van der Waals surface area contributed by atoms with Gasteiger partial charge < -0.3 is 19.5 Å². The van der Waals surface area contributed by atoms with E-state index in [1.54, 1.807) is 75.4 Å². The molecular weight excluding hydrogens is 472 g/mol. The number of hydrogen-bond acceptors (Lipinski definition) is 8. The van der Waals surface area contributed by atoms with E-state index in [9.17, 15) is 19.2 Å². The largest absolute Gasteiger partial charge is 0.467 e. The molecule has 0 aliphatic carbocycles. The summed E-state index contributed by atoms with van der Waals surface area (Å²) in [6, 6.07) is 13.2. The number of carbonyl (C=O) groups is 4. The standard InChI is InChI=1S/C25H26N2O7S/c1-25(2,3)34-23(30)26-19(22(29)32-4)13-15-5-9-17(10-6-15)33-18-11-7-16(8-12-18)14-20-21(28)27-24(31)35-20/h5-12,14,19H,13H2,1-4H3,(H,26,30)(H,27,28,31)/b20-14-/t19-/m1/s1. The number of rotatable bonds is 7. The zero-order valence-electron chi connectivity index (χ0n) is 19.7. The summed E-state index contributed by atoms with van der Waals surface area (Å²) in [6.45, 7) is 5.20. The zero-order chi connectivity index (χ0) is 25.6. The lowest BCUT2D eigenvalue weighted by atomic mass is 10.1. The molecule has 0 unspecified atom stereocenters. The second-order valence-electron chi connectivity index (χ2n) is 8.59. The molecule has 2 aromatic carbocycles. The van der Waals surface area contributed by atoms with Gasteiger partial charge in [0.25, 0.3) is 11.1 Å². The number of alkyl carbamates (subject to hydrolysis) is 1. The summed E-state index contributed by atoms with van der Waals surface area (Å²) in [5, 5.41) is 4.38. The molecule has 1 aliphatic rings. The van der Waals surface area contributed by atoms with Crippen LogP contribution < -0.4 is 15.4 Å². The molecule has 2 N–H and O–H groups in total. The average Bonchev–Trinajstić information content (AvgIpc) is 3.10. The fraction of sp³-hybridized carbons (Fsp3) is 0.280. The maximum absolute atomic E-state index is 12.1. The quantitative estimate of drug-likeness (QED) is 0.425. The van der Waals surface area contributed by atoms with E-state index < -0.39 is 29.6 Å². The molecular formula is C25H26N2O7S. The van der Waals surface area contributed by atoms with Gasteiger partial charge in [-0.05, 0) is 74.0 Å². The van der Waals surface area contributed by atoms with Gasteiger partial charge in [0, 0.05) is 6.42 Å². The zero-order valence-corrected chi connectivity index (χ0v) is 20.6. The monoisotopic (exact) mass is 498 g/mol. The maximum Gasteiger partial charge on any atom is 0.408 e. The van der Waals surface area contributed by atoms with Crippen LogP contribution in [0, 0.1) is 0 Å². The first-order valence-corrected chi connectivity index (χ1v) is 11.5. The van der Waals surface area contributed by atoms with E-state index in [1.165, 1.54) is 7.11 Å². The van der Waals surface area contributed by atoms with Crippen molar-refractivity contribution < 1.29 is 33.4 Å². The Hall–Kier alpha value is -3.79. The molecule has 184 valence electrons. The lowest BCUT2D eigenvalue weighted by molar-refractivity contribution is -0.143. The highest BCUT2D eigenvalue weighted by molar-refractivity contribution is 8.18. The van der Waals surface area contributed by atoms with Crippen LogP contribution in [0.4, 0.5) is 9.59 Å². The summed E-state index contributed by atoms with van der Waals surface area (Å²) in [5.41, 5.74) is 0.848. The third kappa shape index (κ3) is 7.89. The predicted molar refractivity (Wildman–Crippen MR) is 131 cm³/mol. The van der Waals surface area contributed by atoms with Crippen molar-refractivity contribution in [2.45, 2.75) is 38.8 Å². The fourth-order valence-corrected chi connectivity index (χ4v) is 3.74. The van der Waals surface area contributed by atoms with E-state index in [4.69, 9.17) is 14.2 Å². The van der Waals surface area contributed by atoms with E-state index in [2.05, 4.69) is 10.6 Å². The van der Waals surface area contributed by atoms with Crippen LogP contribution in [-0.2, 0) is 25.5 Å². The van der Waals surface area contributed by atoms with E-state index in [-0.39, 0.29) is 11.7 Å². The summed E-state index contributed by atoms with van der Waals surface area (Å²) in [5.74, 6) is 0.171. The Bertz CT molecular complexity index is 1140. The first kappa shape index (κ1) is 25.8. The first-order valence-electron chi connectivity index (χ1n) is 10.7. The van der Waals surface area contributed by atoms with Gasteiger partial charge in [0.2, 0.25) is 0 Å². The van der Waals surface area contributed by atoms with Crippen molar-refractivity contribution in [1.29, 1.82) is 0 Å². The molecule has 10 heteroatoms. The van der Waals surface area contributed by atoms with E-state index in [0.717, 1.165) is 22.9 Å². The molecule has 1 heterocycles. The molecule has 35 heavy (non-hydrogen) atoms. The minimum absolute atomic E-state index is 0.212. The highest BCUT2D eigenvalue weighted by Crippen LogP contribution is 2.27. The first-order chi connectivity index (χ1) is 16.5. The second-order valence-corrected chi connectivity index (χ2v) is 9.61. The topological polar surface area (TPSA) is 120 Å². The molecule has 0 aromatic heterocycles. The van der Waals surface area contributed by atoms with Crippen molar-refractivity contribution in [3.8, 4) is 11.5 Å². The number of thioether (sulfide) groups is 1. The molecule has 0 spiro atoms. The Morgan fingerprint density at radius 3 is 2.14 bits per heavy atom. The predicted octanol–water partition coefficient (Wildman–Crippen LogP) is 4.41. The maximum atomic E-state index is 12.1. The molecule has 2 aromatic rings. The average molecular weight is 499 g/mol. The van der Waals surface area contributed by atoms with Gasteiger partial charge in [-0.15, -0.1) is 0 Å². The Morgan fingerprint density at radius 2 is 1.63 bits per heavy atom. The summed E-state index contributed by atoms with van der Waals surface area (Å²) in [7, 11) is 1.26. The van der Waals surface area contributed by atoms with Gasteiger partial charge in [-0.1, -0.05) is 24.3 Å². The van der Waals surface area contributed by atoms with Crippen LogP contribution in [0.3, 0.4) is 0 Å². The number of methoxy groups -OCH3 is 1. The number of carbonyl (C=O) groups excluding carboxylic acids is 4. The van der Waals surface area contributed by atoms with Crippen molar-refractivity contribution in [3.63, 3.8) is 0 Å². The summed E-state index contributed by atoms with van der Waals surface area (Å²) < 4.78 is 15.9.